The average molecular weight is 420 g/mol. The summed E-state index contributed by atoms with van der Waals surface area (Å²) in [5.41, 5.74) is 0.860. The second kappa shape index (κ2) is 12.8. The third-order valence-corrected chi connectivity index (χ3v) is 5.04. The molecule has 30 heavy (non-hydrogen) atoms. The second-order valence-electron chi connectivity index (χ2n) is 7.63. The molecular weight excluding hydrogens is 386 g/mol. The van der Waals surface area contributed by atoms with Crippen molar-refractivity contribution < 1.29 is 24.2 Å². The highest BCUT2D eigenvalue weighted by atomic mass is 16.6. The maximum Gasteiger partial charge on any atom is 0.410 e. The lowest BCUT2D eigenvalue weighted by Gasteiger charge is -2.24. The summed E-state index contributed by atoms with van der Waals surface area (Å²) in [7, 11) is 0. The van der Waals surface area contributed by atoms with E-state index < -0.39 is 24.0 Å². The lowest BCUT2D eigenvalue weighted by atomic mass is 9.95. The average Bonchev–Trinajstić information content (AvgIpc) is 2.77. The Morgan fingerprint density at radius 1 is 1.17 bits per heavy atom. The van der Waals surface area contributed by atoms with Crippen molar-refractivity contribution in [1.82, 2.24) is 15.5 Å². The molecule has 1 aliphatic carbocycles. The van der Waals surface area contributed by atoms with Gasteiger partial charge in [0.15, 0.2) is 0 Å². The van der Waals surface area contributed by atoms with Crippen LogP contribution in [0.1, 0.15) is 51.0 Å². The number of hydrogen-bond donors (Lipinski definition) is 3. The fourth-order valence-corrected chi connectivity index (χ4v) is 3.39. The fourth-order valence-electron chi connectivity index (χ4n) is 3.39. The monoisotopic (exact) mass is 419 g/mol. The molecule has 8 heteroatoms. The van der Waals surface area contributed by atoms with Gasteiger partial charge in [-0.25, -0.2) is 4.79 Å². The van der Waals surface area contributed by atoms with Crippen molar-refractivity contribution >= 4 is 17.9 Å². The Kier molecular flexibility index (Phi) is 10.1. The number of rotatable bonds is 10. The molecule has 0 heterocycles. The zero-order valence-corrected chi connectivity index (χ0v) is 17.6. The van der Waals surface area contributed by atoms with E-state index >= 15 is 0 Å². The molecule has 0 bridgehead atoms. The van der Waals surface area contributed by atoms with Gasteiger partial charge >= 0.3 is 6.09 Å². The lowest BCUT2D eigenvalue weighted by Crippen LogP contribution is -2.48. The molecule has 3 amide bonds. The fraction of sp³-hybridized carbons (Fsp3) is 0.591. The molecule has 0 saturated heterocycles. The normalized spacial score (nSPS) is 15.1. The van der Waals surface area contributed by atoms with Gasteiger partial charge < -0.3 is 20.5 Å². The molecule has 8 nitrogen and oxygen atoms in total. The Morgan fingerprint density at radius 2 is 1.87 bits per heavy atom. The number of ether oxygens (including phenoxy) is 1. The first-order chi connectivity index (χ1) is 14.5. The predicted octanol–water partition coefficient (Wildman–Crippen LogP) is 1.96. The standard InChI is InChI=1S/C22H33N3O5/c1-2-13-25(22(29)30-16-17-9-5-3-6-10-17)15-20(27)23-14-19(26)21(28)24-18-11-7-4-8-12-18/h3,5-6,9-10,18-19,26H,2,4,7-8,11-16H2,1H3,(H,23,27)(H,24,28)/t19-/m0/s1. The highest BCUT2D eigenvalue weighted by molar-refractivity contribution is 5.84. The van der Waals surface area contributed by atoms with E-state index in [-0.39, 0.29) is 25.7 Å². The zero-order valence-electron chi connectivity index (χ0n) is 17.6. The van der Waals surface area contributed by atoms with Gasteiger partial charge in [-0.1, -0.05) is 56.5 Å². The van der Waals surface area contributed by atoms with Gasteiger partial charge in [0.2, 0.25) is 5.91 Å². The third kappa shape index (κ3) is 8.41. The molecule has 1 saturated carbocycles. The molecule has 0 aliphatic heterocycles. The summed E-state index contributed by atoms with van der Waals surface area (Å²) in [4.78, 5) is 37.9. The van der Waals surface area contributed by atoms with Crippen LogP contribution >= 0.6 is 0 Å². The van der Waals surface area contributed by atoms with E-state index in [1.165, 1.54) is 11.3 Å². The van der Waals surface area contributed by atoms with Crippen LogP contribution in [-0.4, -0.2) is 59.7 Å². The van der Waals surface area contributed by atoms with E-state index in [4.69, 9.17) is 4.74 Å². The predicted molar refractivity (Wildman–Crippen MR) is 113 cm³/mol. The number of carbonyl (C=O) groups is 3. The van der Waals surface area contributed by atoms with Crippen molar-refractivity contribution in [2.45, 2.75) is 64.2 Å². The second-order valence-corrected chi connectivity index (χ2v) is 7.63. The number of carbonyl (C=O) groups excluding carboxylic acids is 3. The van der Waals surface area contributed by atoms with Crippen LogP contribution in [-0.2, 0) is 20.9 Å². The van der Waals surface area contributed by atoms with Crippen molar-refractivity contribution in [2.24, 2.45) is 0 Å². The molecule has 1 aromatic carbocycles. The van der Waals surface area contributed by atoms with Crippen LogP contribution in [0, 0.1) is 0 Å². The molecule has 3 N–H and O–H groups in total. The van der Waals surface area contributed by atoms with E-state index in [2.05, 4.69) is 10.6 Å². The van der Waals surface area contributed by atoms with Crippen LogP contribution < -0.4 is 10.6 Å². The summed E-state index contributed by atoms with van der Waals surface area (Å²) in [5, 5.41) is 15.4. The first-order valence-corrected chi connectivity index (χ1v) is 10.7. The largest absolute Gasteiger partial charge is 0.445 e. The first kappa shape index (κ1) is 23.7. The van der Waals surface area contributed by atoms with E-state index in [0.29, 0.717) is 13.0 Å². The number of aliphatic hydroxyl groups excluding tert-OH is 1. The van der Waals surface area contributed by atoms with E-state index in [1.807, 2.05) is 37.3 Å². The first-order valence-electron chi connectivity index (χ1n) is 10.7. The summed E-state index contributed by atoms with van der Waals surface area (Å²) < 4.78 is 5.29. The topological polar surface area (TPSA) is 108 Å². The van der Waals surface area contributed by atoms with Crippen LogP contribution in [0.3, 0.4) is 0 Å². The van der Waals surface area contributed by atoms with Crippen LogP contribution in [0.2, 0.25) is 0 Å². The molecule has 2 rings (SSSR count). The molecule has 0 radical (unpaired) electrons. The molecule has 1 fully saturated rings. The molecule has 166 valence electrons. The van der Waals surface area contributed by atoms with Gasteiger partial charge in [0.1, 0.15) is 19.3 Å². The maximum atomic E-state index is 12.3. The summed E-state index contributed by atoms with van der Waals surface area (Å²) >= 11 is 0. The molecule has 1 atom stereocenters. The Morgan fingerprint density at radius 3 is 2.53 bits per heavy atom. The highest BCUT2D eigenvalue weighted by Crippen LogP contribution is 2.17. The van der Waals surface area contributed by atoms with Crippen molar-refractivity contribution in [3.05, 3.63) is 35.9 Å². The Bertz CT molecular complexity index is 677. The van der Waals surface area contributed by atoms with Gasteiger partial charge in [0.25, 0.3) is 5.91 Å². The van der Waals surface area contributed by atoms with Gasteiger partial charge in [-0.2, -0.15) is 0 Å². The maximum absolute atomic E-state index is 12.3. The molecule has 0 aromatic heterocycles. The SMILES string of the molecule is CCCN(CC(=O)NC[C@H](O)C(=O)NC1CCCCC1)C(=O)OCc1ccccc1. The third-order valence-electron chi connectivity index (χ3n) is 5.04. The Labute approximate surface area is 178 Å². The quantitative estimate of drug-likeness (QED) is 0.537. The molecule has 1 aliphatic rings. The smallest absolute Gasteiger partial charge is 0.410 e. The summed E-state index contributed by atoms with van der Waals surface area (Å²) in [6.07, 6.45) is 3.93. The number of hydrogen-bond acceptors (Lipinski definition) is 5. The lowest BCUT2D eigenvalue weighted by molar-refractivity contribution is -0.130. The highest BCUT2D eigenvalue weighted by Gasteiger charge is 2.22. The van der Waals surface area contributed by atoms with E-state index in [1.54, 1.807) is 0 Å². The van der Waals surface area contributed by atoms with Gasteiger partial charge in [-0.3, -0.25) is 14.5 Å². The van der Waals surface area contributed by atoms with Crippen LogP contribution in [0.15, 0.2) is 30.3 Å². The van der Waals surface area contributed by atoms with Gasteiger partial charge in [0, 0.05) is 12.6 Å². The van der Waals surface area contributed by atoms with Gasteiger partial charge in [-0.05, 0) is 24.8 Å². The molecule has 1 aromatic rings. The minimum absolute atomic E-state index is 0.0935. The van der Waals surface area contributed by atoms with Crippen LogP contribution in [0.25, 0.3) is 0 Å². The number of amides is 3. The zero-order chi connectivity index (χ0) is 21.8. The van der Waals surface area contributed by atoms with Gasteiger partial charge in [-0.15, -0.1) is 0 Å². The van der Waals surface area contributed by atoms with E-state index in [0.717, 1.165) is 31.2 Å². The number of nitrogens with zero attached hydrogens (tertiary/aromatic N) is 1. The summed E-state index contributed by atoms with van der Waals surface area (Å²) in [6.45, 7) is 2.00. The number of benzene rings is 1. The van der Waals surface area contributed by atoms with Crippen LogP contribution in [0.5, 0.6) is 0 Å². The van der Waals surface area contributed by atoms with Crippen molar-refractivity contribution in [3.63, 3.8) is 0 Å². The minimum Gasteiger partial charge on any atom is -0.445 e. The van der Waals surface area contributed by atoms with E-state index in [9.17, 15) is 19.5 Å². The van der Waals surface area contributed by atoms with Gasteiger partial charge in [0.05, 0.1) is 6.54 Å². The number of nitrogens with one attached hydrogen (secondary N) is 2. The number of aliphatic hydroxyl groups is 1. The molecule has 0 unspecified atom stereocenters. The van der Waals surface area contributed by atoms with Crippen molar-refractivity contribution in [2.75, 3.05) is 19.6 Å². The van der Waals surface area contributed by atoms with Crippen LogP contribution in [0.4, 0.5) is 4.79 Å². The summed E-state index contributed by atoms with van der Waals surface area (Å²) in [6, 6.07) is 9.39. The molecule has 0 spiro atoms. The van der Waals surface area contributed by atoms with Crippen molar-refractivity contribution in [1.29, 1.82) is 0 Å². The molecular formula is C22H33N3O5. The Hall–Kier alpha value is -2.61. The van der Waals surface area contributed by atoms with Crippen molar-refractivity contribution in [3.8, 4) is 0 Å². The summed E-state index contributed by atoms with van der Waals surface area (Å²) in [5.74, 6) is -0.931. The Balaban J connectivity index is 1.73. The minimum atomic E-state index is -1.32.